The molecule has 4 heteroatoms. The minimum atomic E-state index is 0.431. The second-order valence-electron chi connectivity index (χ2n) is 4.62. The van der Waals surface area contributed by atoms with E-state index in [4.69, 9.17) is 4.74 Å². The first kappa shape index (κ1) is 14.9. The van der Waals surface area contributed by atoms with Crippen molar-refractivity contribution in [1.82, 2.24) is 9.97 Å². The Labute approximate surface area is 110 Å². The SMILES string of the molecule is CCNc1nc(CCOCC)nc(C)c1C(C)C. The number of aromatic nitrogens is 2. The lowest BCUT2D eigenvalue weighted by molar-refractivity contribution is 0.149. The highest BCUT2D eigenvalue weighted by molar-refractivity contribution is 5.48. The molecule has 0 aliphatic heterocycles. The zero-order chi connectivity index (χ0) is 13.5. The van der Waals surface area contributed by atoms with E-state index in [1.807, 2.05) is 6.92 Å². The molecule has 1 aromatic rings. The van der Waals surface area contributed by atoms with Crippen LogP contribution in [0.3, 0.4) is 0 Å². The van der Waals surface area contributed by atoms with Gasteiger partial charge in [-0.25, -0.2) is 9.97 Å². The maximum Gasteiger partial charge on any atom is 0.133 e. The molecule has 0 unspecified atom stereocenters. The quantitative estimate of drug-likeness (QED) is 0.757. The Bertz CT molecular complexity index is 378. The van der Waals surface area contributed by atoms with Gasteiger partial charge in [0.15, 0.2) is 0 Å². The highest BCUT2D eigenvalue weighted by Gasteiger charge is 2.14. The van der Waals surface area contributed by atoms with Crippen LogP contribution >= 0.6 is 0 Å². The normalized spacial score (nSPS) is 11.0. The Hall–Kier alpha value is -1.16. The van der Waals surface area contributed by atoms with Crippen molar-refractivity contribution in [2.24, 2.45) is 0 Å². The Morgan fingerprint density at radius 2 is 1.94 bits per heavy atom. The van der Waals surface area contributed by atoms with Crippen LogP contribution in [0.5, 0.6) is 0 Å². The van der Waals surface area contributed by atoms with Crippen LogP contribution in [0.2, 0.25) is 0 Å². The van der Waals surface area contributed by atoms with Crippen LogP contribution in [0.4, 0.5) is 5.82 Å². The molecule has 0 bridgehead atoms. The fraction of sp³-hybridized carbons (Fsp3) is 0.714. The molecule has 0 radical (unpaired) electrons. The molecular weight excluding hydrogens is 226 g/mol. The number of anilines is 1. The number of nitrogens with one attached hydrogen (secondary N) is 1. The summed E-state index contributed by atoms with van der Waals surface area (Å²) in [6.07, 6.45) is 0.769. The molecule has 0 saturated carbocycles. The van der Waals surface area contributed by atoms with E-state index in [0.717, 1.165) is 36.9 Å². The number of aryl methyl sites for hydroxylation is 1. The Morgan fingerprint density at radius 3 is 2.50 bits per heavy atom. The highest BCUT2D eigenvalue weighted by atomic mass is 16.5. The summed E-state index contributed by atoms with van der Waals surface area (Å²) < 4.78 is 5.35. The molecule has 4 nitrogen and oxygen atoms in total. The summed E-state index contributed by atoms with van der Waals surface area (Å²) in [5.41, 5.74) is 2.29. The third-order valence-corrected chi connectivity index (χ3v) is 2.78. The van der Waals surface area contributed by atoms with Crippen LogP contribution in [-0.2, 0) is 11.2 Å². The molecule has 0 fully saturated rings. The second-order valence-corrected chi connectivity index (χ2v) is 4.62. The zero-order valence-corrected chi connectivity index (χ0v) is 12.2. The largest absolute Gasteiger partial charge is 0.381 e. The predicted molar refractivity (Wildman–Crippen MR) is 75.2 cm³/mol. The summed E-state index contributed by atoms with van der Waals surface area (Å²) in [7, 11) is 0. The van der Waals surface area contributed by atoms with E-state index in [0.29, 0.717) is 12.5 Å². The van der Waals surface area contributed by atoms with Crippen molar-refractivity contribution in [3.05, 3.63) is 17.1 Å². The van der Waals surface area contributed by atoms with Gasteiger partial charge >= 0.3 is 0 Å². The van der Waals surface area contributed by atoms with Crippen molar-refractivity contribution in [3.63, 3.8) is 0 Å². The average molecular weight is 251 g/mol. The molecule has 102 valence electrons. The summed E-state index contributed by atoms with van der Waals surface area (Å²) >= 11 is 0. The van der Waals surface area contributed by atoms with Gasteiger partial charge in [-0.3, -0.25) is 0 Å². The van der Waals surface area contributed by atoms with Gasteiger partial charge in [0, 0.05) is 30.8 Å². The molecule has 0 aliphatic rings. The van der Waals surface area contributed by atoms with E-state index in [1.54, 1.807) is 0 Å². The number of hydrogen-bond donors (Lipinski definition) is 1. The number of nitrogens with zero attached hydrogens (tertiary/aromatic N) is 2. The van der Waals surface area contributed by atoms with E-state index >= 15 is 0 Å². The van der Waals surface area contributed by atoms with Gasteiger partial charge in [-0.1, -0.05) is 13.8 Å². The summed E-state index contributed by atoms with van der Waals surface area (Å²) in [6.45, 7) is 12.8. The van der Waals surface area contributed by atoms with Crippen molar-refractivity contribution in [2.75, 3.05) is 25.1 Å². The molecule has 1 aromatic heterocycles. The minimum Gasteiger partial charge on any atom is -0.381 e. The molecule has 0 atom stereocenters. The van der Waals surface area contributed by atoms with Crippen molar-refractivity contribution in [2.45, 2.75) is 47.0 Å². The van der Waals surface area contributed by atoms with Crippen LogP contribution in [0.25, 0.3) is 0 Å². The number of hydrogen-bond acceptors (Lipinski definition) is 4. The molecule has 0 amide bonds. The Morgan fingerprint density at radius 1 is 1.22 bits per heavy atom. The molecule has 1 N–H and O–H groups in total. The lowest BCUT2D eigenvalue weighted by Gasteiger charge is -2.16. The number of rotatable bonds is 7. The van der Waals surface area contributed by atoms with Gasteiger partial charge in [0.1, 0.15) is 11.6 Å². The molecular formula is C14H25N3O. The maximum absolute atomic E-state index is 5.35. The van der Waals surface area contributed by atoms with Crippen LogP contribution in [0.1, 0.15) is 50.7 Å². The fourth-order valence-electron chi connectivity index (χ4n) is 2.05. The molecule has 0 aromatic carbocycles. The first-order chi connectivity index (χ1) is 8.60. The second kappa shape index (κ2) is 7.31. The van der Waals surface area contributed by atoms with E-state index < -0.39 is 0 Å². The van der Waals surface area contributed by atoms with Gasteiger partial charge < -0.3 is 10.1 Å². The standard InChI is InChI=1S/C14H25N3O/c1-6-15-14-13(10(3)4)11(5)16-12(17-14)8-9-18-7-2/h10H,6-9H2,1-5H3,(H,15,16,17). The van der Waals surface area contributed by atoms with Crippen LogP contribution in [0.15, 0.2) is 0 Å². The van der Waals surface area contributed by atoms with Crippen LogP contribution < -0.4 is 5.32 Å². The lowest BCUT2D eigenvalue weighted by atomic mass is 10.0. The molecule has 0 saturated heterocycles. The monoisotopic (exact) mass is 251 g/mol. The molecule has 0 aliphatic carbocycles. The van der Waals surface area contributed by atoms with E-state index in [1.165, 1.54) is 5.56 Å². The smallest absolute Gasteiger partial charge is 0.133 e. The topological polar surface area (TPSA) is 47.0 Å². The van der Waals surface area contributed by atoms with E-state index in [2.05, 4.69) is 43.0 Å². The summed E-state index contributed by atoms with van der Waals surface area (Å²) in [5.74, 6) is 2.27. The van der Waals surface area contributed by atoms with Gasteiger partial charge in [0.2, 0.25) is 0 Å². The molecule has 1 rings (SSSR count). The fourth-order valence-corrected chi connectivity index (χ4v) is 2.05. The van der Waals surface area contributed by atoms with Gasteiger partial charge in [-0.15, -0.1) is 0 Å². The van der Waals surface area contributed by atoms with Gasteiger partial charge in [0.25, 0.3) is 0 Å². The first-order valence-corrected chi connectivity index (χ1v) is 6.79. The maximum atomic E-state index is 5.35. The first-order valence-electron chi connectivity index (χ1n) is 6.79. The molecule has 18 heavy (non-hydrogen) atoms. The van der Waals surface area contributed by atoms with Gasteiger partial charge in [-0.05, 0) is 26.7 Å². The van der Waals surface area contributed by atoms with E-state index in [9.17, 15) is 0 Å². The minimum absolute atomic E-state index is 0.431. The Balaban J connectivity index is 2.95. The van der Waals surface area contributed by atoms with Crippen molar-refractivity contribution in [3.8, 4) is 0 Å². The zero-order valence-electron chi connectivity index (χ0n) is 12.2. The summed E-state index contributed by atoms with van der Waals surface area (Å²) in [4.78, 5) is 9.19. The van der Waals surface area contributed by atoms with Gasteiger partial charge in [0.05, 0.1) is 6.61 Å². The predicted octanol–water partition coefficient (Wildman–Crippen LogP) is 2.92. The Kier molecular flexibility index (Phi) is 6.05. The highest BCUT2D eigenvalue weighted by Crippen LogP contribution is 2.25. The van der Waals surface area contributed by atoms with E-state index in [-0.39, 0.29) is 0 Å². The van der Waals surface area contributed by atoms with Crippen LogP contribution in [-0.4, -0.2) is 29.7 Å². The van der Waals surface area contributed by atoms with Crippen molar-refractivity contribution < 1.29 is 4.74 Å². The van der Waals surface area contributed by atoms with Crippen molar-refractivity contribution >= 4 is 5.82 Å². The van der Waals surface area contributed by atoms with Gasteiger partial charge in [-0.2, -0.15) is 0 Å². The summed E-state index contributed by atoms with van der Waals surface area (Å²) in [5, 5.41) is 3.34. The number of ether oxygens (including phenoxy) is 1. The molecule has 0 spiro atoms. The van der Waals surface area contributed by atoms with Crippen molar-refractivity contribution in [1.29, 1.82) is 0 Å². The third kappa shape index (κ3) is 3.95. The average Bonchev–Trinajstić information content (AvgIpc) is 2.28. The lowest BCUT2D eigenvalue weighted by Crippen LogP contribution is -2.12. The summed E-state index contributed by atoms with van der Waals surface area (Å²) in [6, 6.07) is 0. The molecule has 1 heterocycles. The van der Waals surface area contributed by atoms with Crippen LogP contribution in [0, 0.1) is 6.92 Å². The third-order valence-electron chi connectivity index (χ3n) is 2.78.